The Morgan fingerprint density at radius 3 is 2.78 bits per heavy atom. The maximum Gasteiger partial charge on any atom is 0.407 e. The number of nitrogens with one attached hydrogen (secondary N) is 1. The van der Waals surface area contributed by atoms with Crippen LogP contribution in [0.15, 0.2) is 24.3 Å². The fourth-order valence-electron chi connectivity index (χ4n) is 3.66. The van der Waals surface area contributed by atoms with Gasteiger partial charge in [-0.05, 0) is 44.4 Å². The first-order valence-electron chi connectivity index (χ1n) is 8.90. The van der Waals surface area contributed by atoms with Crippen LogP contribution >= 0.6 is 0 Å². The second kappa shape index (κ2) is 7.51. The van der Waals surface area contributed by atoms with Crippen molar-refractivity contribution in [1.82, 2.24) is 10.2 Å². The minimum Gasteiger partial charge on any atom is -0.445 e. The Kier molecular flexibility index (Phi) is 5.31. The highest BCUT2D eigenvalue weighted by Crippen LogP contribution is 2.41. The number of amides is 2. The molecule has 2 atom stereocenters. The molecule has 2 aliphatic rings. The molecule has 2 unspecified atom stereocenters. The zero-order chi connectivity index (χ0) is 19.6. The molecule has 0 aliphatic carbocycles. The molecule has 9 nitrogen and oxygen atoms in total. The molecule has 2 saturated heterocycles. The van der Waals surface area contributed by atoms with E-state index in [1.807, 2.05) is 13.8 Å². The smallest absolute Gasteiger partial charge is 0.407 e. The Morgan fingerprint density at radius 1 is 1.41 bits per heavy atom. The van der Waals surface area contributed by atoms with Crippen molar-refractivity contribution in [1.29, 1.82) is 0 Å². The summed E-state index contributed by atoms with van der Waals surface area (Å²) in [7, 11) is 0. The maximum absolute atomic E-state index is 12.3. The summed E-state index contributed by atoms with van der Waals surface area (Å²) in [6.45, 7) is 4.78. The van der Waals surface area contributed by atoms with Crippen molar-refractivity contribution in [3.63, 3.8) is 0 Å². The van der Waals surface area contributed by atoms with E-state index in [0.717, 1.165) is 6.42 Å². The summed E-state index contributed by atoms with van der Waals surface area (Å²) in [5.74, 6) is -0.0334. The first kappa shape index (κ1) is 19.1. The molecule has 27 heavy (non-hydrogen) atoms. The van der Waals surface area contributed by atoms with Gasteiger partial charge in [-0.15, -0.1) is 0 Å². The van der Waals surface area contributed by atoms with Crippen molar-refractivity contribution in [2.24, 2.45) is 5.92 Å². The lowest BCUT2D eigenvalue weighted by Crippen LogP contribution is -2.71. The van der Waals surface area contributed by atoms with Crippen LogP contribution in [0.25, 0.3) is 0 Å². The standard InChI is InChI=1S/C18H23N3O6/c1-18(2)20-15(8-10-27-18)14(16(20)22)7-9-19-17(23)26-11-12-3-5-13(6-4-12)21(24)25/h3-6,14-15H,7-11H2,1-2H3,(H,19,23). The van der Waals surface area contributed by atoms with Gasteiger partial charge in [-0.3, -0.25) is 14.9 Å². The van der Waals surface area contributed by atoms with Crippen molar-refractivity contribution >= 4 is 17.7 Å². The molecule has 9 heteroatoms. The summed E-state index contributed by atoms with van der Waals surface area (Å²) in [6, 6.07) is 5.97. The SMILES string of the molecule is CC1(C)OCCC2C(CCNC(=O)OCc3ccc([N+](=O)[O-])cc3)C(=O)N21. The van der Waals surface area contributed by atoms with Crippen LogP contribution < -0.4 is 5.32 Å². The third-order valence-electron chi connectivity index (χ3n) is 5.04. The Balaban J connectivity index is 1.39. The predicted molar refractivity (Wildman–Crippen MR) is 94.7 cm³/mol. The lowest BCUT2D eigenvalue weighted by atomic mass is 9.80. The fourth-order valence-corrected chi connectivity index (χ4v) is 3.66. The van der Waals surface area contributed by atoms with Gasteiger partial charge < -0.3 is 19.7 Å². The van der Waals surface area contributed by atoms with Crippen molar-refractivity contribution in [2.45, 2.75) is 45.1 Å². The van der Waals surface area contributed by atoms with Gasteiger partial charge in [0.1, 0.15) is 12.3 Å². The predicted octanol–water partition coefficient (Wildman–Crippen LogP) is 2.19. The van der Waals surface area contributed by atoms with Gasteiger partial charge in [0.05, 0.1) is 17.4 Å². The molecule has 1 aromatic rings. The minimum atomic E-state index is -0.579. The molecule has 2 aliphatic heterocycles. The molecule has 2 heterocycles. The molecular weight excluding hydrogens is 354 g/mol. The summed E-state index contributed by atoms with van der Waals surface area (Å²) in [6.07, 6.45) is 0.789. The van der Waals surface area contributed by atoms with Crippen LogP contribution in [0.1, 0.15) is 32.3 Å². The van der Waals surface area contributed by atoms with E-state index in [0.29, 0.717) is 25.1 Å². The van der Waals surface area contributed by atoms with Gasteiger partial charge in [0.15, 0.2) is 0 Å². The van der Waals surface area contributed by atoms with E-state index in [2.05, 4.69) is 5.32 Å². The van der Waals surface area contributed by atoms with Gasteiger partial charge in [-0.2, -0.15) is 0 Å². The molecule has 2 fully saturated rings. The number of hydrogen-bond acceptors (Lipinski definition) is 6. The highest BCUT2D eigenvalue weighted by atomic mass is 16.6. The monoisotopic (exact) mass is 377 g/mol. The molecule has 0 spiro atoms. The summed E-state index contributed by atoms with van der Waals surface area (Å²) < 4.78 is 10.7. The number of nitrogens with zero attached hydrogens (tertiary/aromatic N) is 2. The second-order valence-corrected chi connectivity index (χ2v) is 7.18. The number of carbonyl (C=O) groups is 2. The number of fused-ring (bicyclic) bond motifs is 1. The fraction of sp³-hybridized carbons (Fsp3) is 0.556. The third-order valence-corrected chi connectivity index (χ3v) is 5.04. The first-order valence-corrected chi connectivity index (χ1v) is 8.90. The molecule has 0 aromatic heterocycles. The normalized spacial score (nSPS) is 23.2. The zero-order valence-electron chi connectivity index (χ0n) is 15.3. The Bertz CT molecular complexity index is 733. The largest absolute Gasteiger partial charge is 0.445 e. The van der Waals surface area contributed by atoms with Gasteiger partial charge >= 0.3 is 6.09 Å². The molecule has 1 N–H and O–H groups in total. The number of rotatable bonds is 6. The van der Waals surface area contributed by atoms with Crippen LogP contribution in [-0.4, -0.2) is 46.7 Å². The first-order chi connectivity index (χ1) is 12.8. The van der Waals surface area contributed by atoms with Crippen LogP contribution in [-0.2, 0) is 20.9 Å². The zero-order valence-corrected chi connectivity index (χ0v) is 15.3. The van der Waals surface area contributed by atoms with E-state index in [1.54, 1.807) is 17.0 Å². The second-order valence-electron chi connectivity index (χ2n) is 7.18. The molecular formula is C18H23N3O6. The molecule has 0 saturated carbocycles. The van der Waals surface area contributed by atoms with Gasteiger partial charge in [-0.1, -0.05) is 0 Å². The number of nitro benzene ring substituents is 1. The van der Waals surface area contributed by atoms with Crippen LogP contribution in [0.3, 0.4) is 0 Å². The number of hydrogen-bond donors (Lipinski definition) is 1. The quantitative estimate of drug-likeness (QED) is 0.462. The average molecular weight is 377 g/mol. The van der Waals surface area contributed by atoms with E-state index in [-0.39, 0.29) is 30.2 Å². The summed E-state index contributed by atoms with van der Waals surface area (Å²) in [5.41, 5.74) is 0.0804. The van der Waals surface area contributed by atoms with Crippen molar-refractivity contribution < 1.29 is 24.0 Å². The molecule has 0 bridgehead atoms. The van der Waals surface area contributed by atoms with Gasteiger partial charge in [0.2, 0.25) is 5.91 Å². The van der Waals surface area contributed by atoms with Crippen LogP contribution in [0.5, 0.6) is 0 Å². The van der Waals surface area contributed by atoms with Crippen LogP contribution in [0, 0.1) is 16.0 Å². The maximum atomic E-state index is 12.3. The van der Waals surface area contributed by atoms with E-state index in [9.17, 15) is 19.7 Å². The third kappa shape index (κ3) is 4.02. The topological polar surface area (TPSA) is 111 Å². The Hall–Kier alpha value is -2.68. The summed E-state index contributed by atoms with van der Waals surface area (Å²) in [4.78, 5) is 36.0. The highest BCUT2D eigenvalue weighted by molar-refractivity contribution is 5.86. The molecule has 1 aromatic carbocycles. The molecule has 2 amide bonds. The highest BCUT2D eigenvalue weighted by Gasteiger charge is 2.54. The Morgan fingerprint density at radius 2 is 2.11 bits per heavy atom. The van der Waals surface area contributed by atoms with Gasteiger partial charge in [0.25, 0.3) is 5.69 Å². The molecule has 146 valence electrons. The number of β-lactam (4-membered cyclic amide) rings is 1. The van der Waals surface area contributed by atoms with E-state index < -0.39 is 16.7 Å². The molecule has 3 rings (SSSR count). The van der Waals surface area contributed by atoms with Crippen molar-refractivity contribution in [3.05, 3.63) is 39.9 Å². The average Bonchev–Trinajstić information content (AvgIpc) is 2.62. The van der Waals surface area contributed by atoms with Gasteiger partial charge in [0, 0.05) is 24.7 Å². The van der Waals surface area contributed by atoms with Crippen LogP contribution in [0.4, 0.5) is 10.5 Å². The lowest BCUT2D eigenvalue weighted by Gasteiger charge is -2.57. The summed E-state index contributed by atoms with van der Waals surface area (Å²) in [5, 5.41) is 13.3. The summed E-state index contributed by atoms with van der Waals surface area (Å²) >= 11 is 0. The number of non-ortho nitro benzene ring substituents is 1. The van der Waals surface area contributed by atoms with Crippen molar-refractivity contribution in [3.8, 4) is 0 Å². The number of carbonyl (C=O) groups excluding carboxylic acids is 2. The lowest BCUT2D eigenvalue weighted by molar-refractivity contribution is -0.384. The minimum absolute atomic E-state index is 0.0151. The number of benzene rings is 1. The van der Waals surface area contributed by atoms with Gasteiger partial charge in [-0.25, -0.2) is 4.79 Å². The van der Waals surface area contributed by atoms with Crippen molar-refractivity contribution in [2.75, 3.05) is 13.2 Å². The van der Waals surface area contributed by atoms with E-state index >= 15 is 0 Å². The Labute approximate surface area is 156 Å². The molecule has 0 radical (unpaired) electrons. The van der Waals surface area contributed by atoms with Crippen LogP contribution in [0.2, 0.25) is 0 Å². The number of nitro groups is 1. The van der Waals surface area contributed by atoms with E-state index in [1.165, 1.54) is 12.1 Å². The number of alkyl carbamates (subject to hydrolysis) is 1. The van der Waals surface area contributed by atoms with E-state index in [4.69, 9.17) is 9.47 Å². The number of ether oxygens (including phenoxy) is 2.